The van der Waals surface area contributed by atoms with Crippen LogP contribution in [0.5, 0.6) is 0 Å². The van der Waals surface area contributed by atoms with Crippen LogP contribution in [0.15, 0.2) is 28.9 Å². The zero-order valence-electron chi connectivity index (χ0n) is 11.0. The van der Waals surface area contributed by atoms with E-state index in [1.807, 2.05) is 19.1 Å². The van der Waals surface area contributed by atoms with Gasteiger partial charge in [0.2, 0.25) is 0 Å². The van der Waals surface area contributed by atoms with E-state index in [4.69, 9.17) is 4.42 Å². The Balaban J connectivity index is 1.74. The summed E-state index contributed by atoms with van der Waals surface area (Å²) in [6.45, 7) is 2.92. The number of hydrogen-bond donors (Lipinski definition) is 2. The number of aromatic nitrogens is 2. The van der Waals surface area contributed by atoms with Gasteiger partial charge in [-0.15, -0.1) is 0 Å². The van der Waals surface area contributed by atoms with Crippen molar-refractivity contribution in [2.75, 3.05) is 6.54 Å². The molecule has 0 aliphatic rings. The third-order valence-corrected chi connectivity index (χ3v) is 2.70. The molecule has 1 atom stereocenters. The molecule has 0 saturated heterocycles. The van der Waals surface area contributed by atoms with E-state index < -0.39 is 11.0 Å². The van der Waals surface area contributed by atoms with E-state index in [-0.39, 0.29) is 12.2 Å². The van der Waals surface area contributed by atoms with Crippen molar-refractivity contribution in [1.29, 1.82) is 0 Å². The number of aryl methyl sites for hydroxylation is 1. The maximum Gasteiger partial charge on any atom is 0.306 e. The third-order valence-electron chi connectivity index (χ3n) is 2.70. The standard InChI is InChI=1S/C12H16N4O4/c1-9-2-3-12(20-9)6-13-5-11(17)8-15-7-10(4-14-15)16(18)19/h2-4,7,11,13,17H,5-6,8H2,1H3. The van der Waals surface area contributed by atoms with E-state index in [2.05, 4.69) is 10.4 Å². The van der Waals surface area contributed by atoms with Crippen LogP contribution in [0.2, 0.25) is 0 Å². The third kappa shape index (κ3) is 3.90. The van der Waals surface area contributed by atoms with Crippen molar-refractivity contribution in [2.24, 2.45) is 0 Å². The molecule has 2 rings (SSSR count). The van der Waals surface area contributed by atoms with E-state index in [1.165, 1.54) is 10.9 Å². The Hall–Kier alpha value is -2.19. The minimum absolute atomic E-state index is 0.0868. The average Bonchev–Trinajstić information content (AvgIpc) is 2.99. The zero-order valence-corrected chi connectivity index (χ0v) is 11.0. The van der Waals surface area contributed by atoms with Crippen LogP contribution in [0, 0.1) is 17.0 Å². The lowest BCUT2D eigenvalue weighted by atomic mass is 10.3. The number of rotatable bonds is 7. The minimum atomic E-state index is -0.689. The fraction of sp³-hybridized carbons (Fsp3) is 0.417. The molecule has 8 heteroatoms. The summed E-state index contributed by atoms with van der Waals surface area (Å²) >= 11 is 0. The highest BCUT2D eigenvalue weighted by Gasteiger charge is 2.11. The SMILES string of the molecule is Cc1ccc(CNCC(O)Cn2cc([N+](=O)[O-])cn2)o1. The van der Waals surface area contributed by atoms with Gasteiger partial charge in [-0.2, -0.15) is 5.10 Å². The number of aliphatic hydroxyl groups is 1. The summed E-state index contributed by atoms with van der Waals surface area (Å²) in [7, 11) is 0. The Morgan fingerprint density at radius 1 is 1.60 bits per heavy atom. The van der Waals surface area contributed by atoms with Crippen molar-refractivity contribution in [3.05, 3.63) is 46.2 Å². The molecule has 0 aliphatic carbocycles. The van der Waals surface area contributed by atoms with Gasteiger partial charge in [-0.05, 0) is 19.1 Å². The van der Waals surface area contributed by atoms with E-state index in [1.54, 1.807) is 0 Å². The van der Waals surface area contributed by atoms with Crippen molar-refractivity contribution < 1.29 is 14.4 Å². The largest absolute Gasteiger partial charge is 0.465 e. The van der Waals surface area contributed by atoms with Gasteiger partial charge in [0.1, 0.15) is 23.9 Å². The molecule has 8 nitrogen and oxygen atoms in total. The molecule has 0 bridgehead atoms. The summed E-state index contributed by atoms with van der Waals surface area (Å²) in [4.78, 5) is 9.98. The lowest BCUT2D eigenvalue weighted by Crippen LogP contribution is -2.30. The van der Waals surface area contributed by atoms with E-state index in [0.29, 0.717) is 13.1 Å². The van der Waals surface area contributed by atoms with Crippen molar-refractivity contribution in [3.8, 4) is 0 Å². The van der Waals surface area contributed by atoms with Crippen molar-refractivity contribution in [2.45, 2.75) is 26.1 Å². The van der Waals surface area contributed by atoms with E-state index in [9.17, 15) is 15.2 Å². The molecular formula is C12H16N4O4. The van der Waals surface area contributed by atoms with E-state index in [0.717, 1.165) is 17.7 Å². The second kappa shape index (κ2) is 6.31. The Kier molecular flexibility index (Phi) is 4.49. The summed E-state index contributed by atoms with van der Waals surface area (Å²) in [5.74, 6) is 1.63. The quantitative estimate of drug-likeness (QED) is 0.575. The molecule has 2 aromatic heterocycles. The first-order valence-electron chi connectivity index (χ1n) is 6.15. The van der Waals surface area contributed by atoms with Crippen molar-refractivity contribution in [1.82, 2.24) is 15.1 Å². The number of nitro groups is 1. The molecule has 0 aromatic carbocycles. The van der Waals surface area contributed by atoms with Gasteiger partial charge < -0.3 is 14.8 Å². The number of nitrogens with one attached hydrogen (secondary N) is 1. The smallest absolute Gasteiger partial charge is 0.306 e. The molecular weight excluding hydrogens is 264 g/mol. The number of nitrogens with zero attached hydrogens (tertiary/aromatic N) is 3. The highest BCUT2D eigenvalue weighted by Crippen LogP contribution is 2.08. The van der Waals surface area contributed by atoms with Crippen LogP contribution >= 0.6 is 0 Å². The normalized spacial score (nSPS) is 12.5. The first-order valence-corrected chi connectivity index (χ1v) is 6.15. The van der Waals surface area contributed by atoms with Gasteiger partial charge in [0.05, 0.1) is 24.1 Å². The van der Waals surface area contributed by atoms with Gasteiger partial charge in [0, 0.05) is 6.54 Å². The minimum Gasteiger partial charge on any atom is -0.465 e. The molecule has 0 radical (unpaired) electrons. The van der Waals surface area contributed by atoms with Gasteiger partial charge in [0.25, 0.3) is 0 Å². The Bertz CT molecular complexity index is 578. The van der Waals surface area contributed by atoms with E-state index >= 15 is 0 Å². The van der Waals surface area contributed by atoms with Crippen LogP contribution in [0.3, 0.4) is 0 Å². The molecule has 2 aromatic rings. The molecule has 0 amide bonds. The molecule has 1 unspecified atom stereocenters. The monoisotopic (exact) mass is 280 g/mol. The lowest BCUT2D eigenvalue weighted by Gasteiger charge is -2.10. The number of hydrogen-bond acceptors (Lipinski definition) is 6. The highest BCUT2D eigenvalue weighted by atomic mass is 16.6. The molecule has 20 heavy (non-hydrogen) atoms. The zero-order chi connectivity index (χ0) is 14.5. The lowest BCUT2D eigenvalue weighted by molar-refractivity contribution is -0.385. The fourth-order valence-electron chi connectivity index (χ4n) is 1.77. The maximum atomic E-state index is 10.5. The van der Waals surface area contributed by atoms with Crippen LogP contribution in [-0.4, -0.2) is 32.5 Å². The fourth-order valence-corrected chi connectivity index (χ4v) is 1.77. The average molecular weight is 280 g/mol. The predicted molar refractivity (Wildman–Crippen MR) is 70.0 cm³/mol. The van der Waals surface area contributed by atoms with Gasteiger partial charge in [-0.3, -0.25) is 14.8 Å². The molecule has 0 aliphatic heterocycles. The second-order valence-electron chi connectivity index (χ2n) is 4.47. The summed E-state index contributed by atoms with van der Waals surface area (Å²) in [5.41, 5.74) is -0.0868. The van der Waals surface area contributed by atoms with Crippen LogP contribution in [-0.2, 0) is 13.1 Å². The molecule has 2 heterocycles. The summed E-state index contributed by atoms with van der Waals surface area (Å²) in [6, 6.07) is 3.74. The van der Waals surface area contributed by atoms with Crippen molar-refractivity contribution in [3.63, 3.8) is 0 Å². The molecule has 0 spiro atoms. The Labute approximate surface area is 115 Å². The number of aliphatic hydroxyl groups excluding tert-OH is 1. The predicted octanol–water partition coefficient (Wildman–Crippen LogP) is 0.843. The topological polar surface area (TPSA) is 106 Å². The maximum absolute atomic E-state index is 10.5. The van der Waals surface area contributed by atoms with Gasteiger partial charge in [-0.25, -0.2) is 0 Å². The molecule has 0 saturated carbocycles. The summed E-state index contributed by atoms with van der Waals surface area (Å²) in [5, 5.41) is 27.2. The first kappa shape index (κ1) is 14.2. The Morgan fingerprint density at radius 3 is 3.00 bits per heavy atom. The van der Waals surface area contributed by atoms with Crippen LogP contribution in [0.4, 0.5) is 5.69 Å². The van der Waals surface area contributed by atoms with Gasteiger partial charge in [0.15, 0.2) is 0 Å². The van der Waals surface area contributed by atoms with Gasteiger partial charge >= 0.3 is 5.69 Å². The summed E-state index contributed by atoms with van der Waals surface area (Å²) < 4.78 is 6.73. The molecule has 0 fully saturated rings. The molecule has 108 valence electrons. The second-order valence-corrected chi connectivity index (χ2v) is 4.47. The van der Waals surface area contributed by atoms with Crippen LogP contribution < -0.4 is 5.32 Å². The first-order chi connectivity index (χ1) is 9.54. The van der Waals surface area contributed by atoms with Crippen molar-refractivity contribution >= 4 is 5.69 Å². The summed E-state index contributed by atoms with van der Waals surface area (Å²) in [6.07, 6.45) is 1.76. The van der Waals surface area contributed by atoms with Crippen LogP contribution in [0.1, 0.15) is 11.5 Å². The Morgan fingerprint density at radius 2 is 2.40 bits per heavy atom. The molecule has 2 N–H and O–H groups in total. The number of furan rings is 1. The highest BCUT2D eigenvalue weighted by molar-refractivity contribution is 5.20. The van der Waals surface area contributed by atoms with Gasteiger partial charge in [-0.1, -0.05) is 0 Å². The van der Waals surface area contributed by atoms with Crippen LogP contribution in [0.25, 0.3) is 0 Å².